The quantitative estimate of drug-likeness (QED) is 0.0170. The molecule has 0 amide bonds. The molecule has 0 aromatic rings. The van der Waals surface area contributed by atoms with E-state index < -0.39 is 29.6 Å². The normalized spacial score (nSPS) is 10.5. The summed E-state index contributed by atoms with van der Waals surface area (Å²) >= 11 is 0. The lowest BCUT2D eigenvalue weighted by Gasteiger charge is -2.16. The first-order chi connectivity index (χ1) is 57.7. The van der Waals surface area contributed by atoms with Crippen molar-refractivity contribution in [3.8, 4) is 0 Å². The number of rotatable bonds is 72. The third-order valence-corrected chi connectivity index (χ3v) is 42.6. The first kappa shape index (κ1) is 149. The Bertz CT molecular complexity index is 1110. The highest BCUT2D eigenvalue weighted by Gasteiger charge is 2.13. The van der Waals surface area contributed by atoms with Crippen molar-refractivity contribution in [1.82, 2.24) is 0 Å². The predicted octanol–water partition coefficient (Wildman–Crippen LogP) is 34.7. The lowest BCUT2D eigenvalue weighted by Crippen LogP contribution is -1.98. The standard InChI is InChI=1S/8C12H27P.4BFH2O2/c8*1-4-7-10-13(11-8-5-2)12-9-6-3;4*2-1(3)4/h8*4-12H2,1-3H3;4*3-4H. The van der Waals surface area contributed by atoms with E-state index in [4.69, 9.17) is 40.2 Å². The summed E-state index contributed by atoms with van der Waals surface area (Å²) in [5.74, 6) is 0. The van der Waals surface area contributed by atoms with Gasteiger partial charge in [0.2, 0.25) is 0 Å². The van der Waals surface area contributed by atoms with Gasteiger partial charge in [0.15, 0.2) is 0 Å². The fraction of sp³-hybridized carbons (Fsp3) is 1.00. The molecule has 24 heteroatoms. The van der Waals surface area contributed by atoms with Crippen molar-refractivity contribution in [2.24, 2.45) is 0 Å². The minimum atomic E-state index is -2.67. The highest BCUT2D eigenvalue weighted by molar-refractivity contribution is 7.59. The van der Waals surface area contributed by atoms with E-state index in [1.165, 1.54) is 308 Å². The summed E-state index contributed by atoms with van der Waals surface area (Å²) in [6, 6.07) is 0. The van der Waals surface area contributed by atoms with Crippen molar-refractivity contribution >= 4 is 93.0 Å². The Morgan fingerprint density at radius 2 is 0.150 bits per heavy atom. The zero-order valence-electron chi connectivity index (χ0n) is 85.9. The van der Waals surface area contributed by atoms with Crippen molar-refractivity contribution in [2.45, 2.75) is 474 Å². The molecule has 0 aliphatic heterocycles. The molecule has 0 saturated heterocycles. The van der Waals surface area contributed by atoms with E-state index in [1.807, 2.05) is 0 Å². The SMILES string of the molecule is CCCCP(CCCC)CCCC.CCCCP(CCCC)CCCC.CCCCP(CCCC)CCCC.CCCCP(CCCC)CCCC.CCCCP(CCCC)CCCC.CCCCP(CCCC)CCCC.CCCCP(CCCC)CCCC.CCCCP(CCCC)CCCC.OB(O)F.OB(O)F.OB(O)F.OB(O)F. The summed E-state index contributed by atoms with van der Waals surface area (Å²) in [4.78, 5) is 0. The van der Waals surface area contributed by atoms with Crippen LogP contribution in [0.25, 0.3) is 0 Å². The fourth-order valence-corrected chi connectivity index (χ4v) is 35.5. The average Bonchev–Trinajstić information content (AvgIpc) is 1.08. The van der Waals surface area contributed by atoms with Gasteiger partial charge in [0.1, 0.15) is 0 Å². The average molecular weight is 1870 g/mol. The van der Waals surface area contributed by atoms with Crippen LogP contribution in [0.15, 0.2) is 0 Å². The molecule has 0 aliphatic carbocycles. The van der Waals surface area contributed by atoms with Crippen LogP contribution in [-0.4, -0.2) is 218 Å². The molecular weight excluding hydrogens is 1650 g/mol. The van der Waals surface area contributed by atoms with Crippen LogP contribution in [0.1, 0.15) is 474 Å². The van der Waals surface area contributed by atoms with Gasteiger partial charge in [-0.15, -0.1) is 63.4 Å². The molecule has 8 N–H and O–H groups in total. The molecule has 736 valence electrons. The second-order valence-electron chi connectivity index (χ2n) is 32.5. The van der Waals surface area contributed by atoms with Crippen LogP contribution >= 0.6 is 63.4 Å². The molecule has 0 aromatic carbocycles. The number of hydrogen-bond acceptors (Lipinski definition) is 8. The molecule has 0 rings (SSSR count). The topological polar surface area (TPSA) is 162 Å². The summed E-state index contributed by atoms with van der Waals surface area (Å²) in [7, 11) is -7.29. The smallest absolute Gasteiger partial charge is 0.398 e. The first-order valence-electron chi connectivity index (χ1n) is 51.5. The van der Waals surface area contributed by atoms with Gasteiger partial charge in [0, 0.05) is 0 Å². The molecule has 0 bridgehead atoms. The van der Waals surface area contributed by atoms with Gasteiger partial charge in [-0.05, 0) is 302 Å². The molecule has 0 saturated carbocycles. The molecule has 0 aliphatic rings. The summed E-state index contributed by atoms with van der Waals surface area (Å²) < 4.78 is 40.4. The molecule has 0 aromatic heterocycles. The van der Waals surface area contributed by atoms with Gasteiger partial charge in [-0.25, -0.2) is 0 Å². The highest BCUT2D eigenvalue weighted by Crippen LogP contribution is 2.44. The number of halogens is 4. The highest BCUT2D eigenvalue weighted by atomic mass is 31.1. The summed E-state index contributed by atoms with van der Waals surface area (Å²) in [5.41, 5.74) is 0. The lowest BCUT2D eigenvalue weighted by atomic mass is 10.3. The van der Waals surface area contributed by atoms with E-state index in [2.05, 4.69) is 166 Å². The minimum Gasteiger partial charge on any atom is -0.398 e. The molecule has 0 unspecified atom stereocenters. The Morgan fingerprint density at radius 1 is 0.117 bits per heavy atom. The summed E-state index contributed by atoms with van der Waals surface area (Å²) in [6.07, 6.45) is 106. The summed E-state index contributed by atoms with van der Waals surface area (Å²) in [5, 5.41) is 55.6. The maximum absolute atomic E-state index is 10.1. The van der Waals surface area contributed by atoms with Gasteiger partial charge in [0.25, 0.3) is 0 Å². The molecular formula is C96H224B4F4O8P8. The fourth-order valence-electron chi connectivity index (χ4n) is 11.8. The minimum absolute atomic E-state index is 0.422. The van der Waals surface area contributed by atoms with Gasteiger partial charge in [-0.1, -0.05) is 320 Å². The van der Waals surface area contributed by atoms with Crippen LogP contribution in [0.2, 0.25) is 0 Å². The third kappa shape index (κ3) is 178. The van der Waals surface area contributed by atoms with Crippen LogP contribution in [0, 0.1) is 0 Å². The third-order valence-electron chi connectivity index (χ3n) is 19.9. The lowest BCUT2D eigenvalue weighted by molar-refractivity contribution is 0.338. The monoisotopic (exact) mass is 1870 g/mol. The van der Waals surface area contributed by atoms with Crippen LogP contribution < -0.4 is 0 Å². The molecule has 0 fully saturated rings. The van der Waals surface area contributed by atoms with E-state index in [1.54, 1.807) is 148 Å². The van der Waals surface area contributed by atoms with E-state index in [9.17, 15) is 17.3 Å². The van der Waals surface area contributed by atoms with Crippen molar-refractivity contribution in [3.05, 3.63) is 0 Å². The van der Waals surface area contributed by atoms with Crippen LogP contribution in [0.4, 0.5) is 17.3 Å². The Hall–Kier alpha value is 3.10. The van der Waals surface area contributed by atoms with Crippen LogP contribution in [-0.2, 0) is 0 Å². The van der Waals surface area contributed by atoms with E-state index in [0.717, 1.165) is 0 Å². The van der Waals surface area contributed by atoms with Crippen LogP contribution in [0.3, 0.4) is 0 Å². The van der Waals surface area contributed by atoms with Gasteiger partial charge >= 0.3 is 29.6 Å². The van der Waals surface area contributed by atoms with Gasteiger partial charge in [-0.2, -0.15) is 0 Å². The number of unbranched alkanes of at least 4 members (excludes halogenated alkanes) is 24. The Kier molecular flexibility index (Phi) is 180. The van der Waals surface area contributed by atoms with Crippen molar-refractivity contribution < 1.29 is 57.5 Å². The zero-order valence-corrected chi connectivity index (χ0v) is 93.0. The second-order valence-corrected chi connectivity index (χ2v) is 53.9. The Labute approximate surface area is 767 Å². The first-order valence-corrected chi connectivity index (χ1v) is 66.7. The maximum Gasteiger partial charge on any atom is 0.674 e. The maximum atomic E-state index is 10.1. The number of hydrogen-bond donors (Lipinski definition) is 8. The molecule has 0 heterocycles. The molecule has 8 nitrogen and oxygen atoms in total. The molecule has 120 heavy (non-hydrogen) atoms. The second kappa shape index (κ2) is 145. The van der Waals surface area contributed by atoms with Crippen molar-refractivity contribution in [2.75, 3.05) is 148 Å². The van der Waals surface area contributed by atoms with Crippen LogP contribution in [0.5, 0.6) is 0 Å². The van der Waals surface area contributed by atoms with Crippen molar-refractivity contribution in [1.29, 1.82) is 0 Å². The molecule has 0 radical (unpaired) electrons. The zero-order chi connectivity index (χ0) is 93.8. The van der Waals surface area contributed by atoms with Crippen molar-refractivity contribution in [3.63, 3.8) is 0 Å². The predicted molar refractivity (Wildman–Crippen MR) is 575 cm³/mol. The van der Waals surface area contributed by atoms with Gasteiger partial charge in [0.05, 0.1) is 0 Å². The van der Waals surface area contributed by atoms with E-state index in [-0.39, 0.29) is 0 Å². The molecule has 0 spiro atoms. The van der Waals surface area contributed by atoms with E-state index in [0.29, 0.717) is 63.4 Å². The van der Waals surface area contributed by atoms with Gasteiger partial charge in [-0.3, -0.25) is 17.3 Å². The van der Waals surface area contributed by atoms with E-state index >= 15 is 0 Å². The van der Waals surface area contributed by atoms with Gasteiger partial charge < -0.3 is 40.2 Å². The summed E-state index contributed by atoms with van der Waals surface area (Å²) in [6.45, 7) is 55.5. The Morgan fingerprint density at radius 3 is 0.175 bits per heavy atom. The largest absolute Gasteiger partial charge is 0.674 e. The Balaban J connectivity index is -0.000000108. The molecule has 0 atom stereocenters.